The number of hydrogen-bond donors (Lipinski definition) is 1. The molecular weight excluding hydrogens is 182 g/mol. The van der Waals surface area contributed by atoms with Gasteiger partial charge in [0.25, 0.3) is 0 Å². The Bertz CT molecular complexity index is 326. The van der Waals surface area contributed by atoms with Crippen molar-refractivity contribution in [2.24, 2.45) is 0 Å². The van der Waals surface area contributed by atoms with Gasteiger partial charge in [0.2, 0.25) is 0 Å². The summed E-state index contributed by atoms with van der Waals surface area (Å²) in [5.74, 6) is 0.575. The molecule has 0 aliphatic carbocycles. The summed E-state index contributed by atoms with van der Waals surface area (Å²) in [7, 11) is 0. The molecule has 0 heterocycles. The van der Waals surface area contributed by atoms with Gasteiger partial charge in [0.05, 0.1) is 0 Å². The van der Waals surface area contributed by atoms with Crippen molar-refractivity contribution in [3.8, 4) is 0 Å². The first kappa shape index (κ1) is 11.8. The molecule has 0 saturated carbocycles. The predicted molar refractivity (Wildman–Crippen MR) is 68.2 cm³/mol. The summed E-state index contributed by atoms with van der Waals surface area (Å²) in [5, 5.41) is 3.34. The highest BCUT2D eigenvalue weighted by Crippen LogP contribution is 2.19. The maximum Gasteiger partial charge on any atom is 0.0384 e. The number of anilines is 1. The van der Waals surface area contributed by atoms with Gasteiger partial charge < -0.3 is 5.32 Å². The maximum absolute atomic E-state index is 4.00. The van der Waals surface area contributed by atoms with Crippen LogP contribution in [0.2, 0.25) is 0 Å². The smallest absolute Gasteiger partial charge is 0.0384 e. The minimum absolute atomic E-state index is 0.575. The van der Waals surface area contributed by atoms with Gasteiger partial charge in [0, 0.05) is 11.4 Å². The van der Waals surface area contributed by atoms with Gasteiger partial charge in [0.1, 0.15) is 0 Å². The highest BCUT2D eigenvalue weighted by molar-refractivity contribution is 5.50. The lowest BCUT2D eigenvalue weighted by Gasteiger charge is -2.11. The van der Waals surface area contributed by atoms with Crippen molar-refractivity contribution in [1.82, 2.24) is 0 Å². The number of allylic oxidation sites excluding steroid dienone is 1. The number of nitrogens with one attached hydrogen (secondary N) is 1. The molecule has 15 heavy (non-hydrogen) atoms. The summed E-state index contributed by atoms with van der Waals surface area (Å²) in [6.07, 6.45) is 2.17. The molecule has 0 bridgehead atoms. The third kappa shape index (κ3) is 3.78. The molecular formula is C14H21N. The number of rotatable bonds is 5. The van der Waals surface area contributed by atoms with Gasteiger partial charge >= 0.3 is 0 Å². The minimum atomic E-state index is 0.575. The Morgan fingerprint density at radius 3 is 2.73 bits per heavy atom. The normalized spacial score (nSPS) is 10.4. The van der Waals surface area contributed by atoms with E-state index in [0.29, 0.717) is 5.92 Å². The van der Waals surface area contributed by atoms with E-state index in [2.05, 4.69) is 56.9 Å². The molecule has 0 radical (unpaired) electrons. The number of hydrogen-bond acceptors (Lipinski definition) is 1. The SMILES string of the molecule is C=C(CCC)Nc1cccc(C(C)C)c1. The van der Waals surface area contributed by atoms with Crippen LogP contribution in [0.4, 0.5) is 5.69 Å². The molecule has 1 heteroatoms. The van der Waals surface area contributed by atoms with E-state index in [1.807, 2.05) is 0 Å². The van der Waals surface area contributed by atoms with Gasteiger partial charge in [-0.1, -0.05) is 45.9 Å². The first-order valence-corrected chi connectivity index (χ1v) is 5.68. The largest absolute Gasteiger partial charge is 0.359 e. The van der Waals surface area contributed by atoms with E-state index in [1.54, 1.807) is 0 Å². The molecule has 1 aromatic carbocycles. The van der Waals surface area contributed by atoms with Crippen molar-refractivity contribution in [2.45, 2.75) is 39.5 Å². The molecule has 0 atom stereocenters. The fourth-order valence-electron chi connectivity index (χ4n) is 1.54. The van der Waals surface area contributed by atoms with Crippen LogP contribution in [-0.2, 0) is 0 Å². The van der Waals surface area contributed by atoms with Crippen LogP contribution in [-0.4, -0.2) is 0 Å². The Kier molecular flexibility index (Phi) is 4.41. The first-order valence-electron chi connectivity index (χ1n) is 5.68. The summed E-state index contributed by atoms with van der Waals surface area (Å²) in [4.78, 5) is 0. The van der Waals surface area contributed by atoms with E-state index in [4.69, 9.17) is 0 Å². The van der Waals surface area contributed by atoms with Crippen molar-refractivity contribution in [3.63, 3.8) is 0 Å². The highest BCUT2D eigenvalue weighted by Gasteiger charge is 2.00. The summed E-state index contributed by atoms with van der Waals surface area (Å²) >= 11 is 0. The zero-order valence-electron chi connectivity index (χ0n) is 10.0. The second-order valence-corrected chi connectivity index (χ2v) is 4.26. The lowest BCUT2D eigenvalue weighted by Crippen LogP contribution is -1.98. The van der Waals surface area contributed by atoms with Gasteiger partial charge in [-0.05, 0) is 30.0 Å². The van der Waals surface area contributed by atoms with E-state index in [9.17, 15) is 0 Å². The summed E-state index contributed by atoms with van der Waals surface area (Å²) in [5.41, 5.74) is 3.61. The van der Waals surface area contributed by atoms with Crippen LogP contribution in [0.5, 0.6) is 0 Å². The fourth-order valence-corrected chi connectivity index (χ4v) is 1.54. The predicted octanol–water partition coefficient (Wildman–Crippen LogP) is 4.54. The van der Waals surface area contributed by atoms with Crippen LogP contribution in [0, 0.1) is 0 Å². The summed E-state index contributed by atoms with van der Waals surface area (Å²) < 4.78 is 0. The van der Waals surface area contributed by atoms with Crippen molar-refractivity contribution in [3.05, 3.63) is 42.1 Å². The van der Waals surface area contributed by atoms with E-state index < -0.39 is 0 Å². The third-order valence-corrected chi connectivity index (χ3v) is 2.43. The van der Waals surface area contributed by atoms with E-state index in [1.165, 1.54) is 5.56 Å². The van der Waals surface area contributed by atoms with Crippen LogP contribution in [0.3, 0.4) is 0 Å². The summed E-state index contributed by atoms with van der Waals surface area (Å²) in [6, 6.07) is 8.55. The molecule has 0 fully saturated rings. The molecule has 0 spiro atoms. The van der Waals surface area contributed by atoms with Crippen molar-refractivity contribution < 1.29 is 0 Å². The quantitative estimate of drug-likeness (QED) is 0.741. The van der Waals surface area contributed by atoms with Crippen LogP contribution in [0.1, 0.15) is 45.1 Å². The number of benzene rings is 1. The van der Waals surface area contributed by atoms with E-state index in [-0.39, 0.29) is 0 Å². The van der Waals surface area contributed by atoms with Crippen LogP contribution in [0.25, 0.3) is 0 Å². The molecule has 0 saturated heterocycles. The Labute approximate surface area is 93.2 Å². The minimum Gasteiger partial charge on any atom is -0.359 e. The zero-order chi connectivity index (χ0) is 11.3. The molecule has 0 aliphatic rings. The molecule has 1 rings (SSSR count). The molecule has 0 aliphatic heterocycles. The van der Waals surface area contributed by atoms with Gasteiger partial charge in [-0.15, -0.1) is 0 Å². The van der Waals surface area contributed by atoms with Crippen LogP contribution >= 0.6 is 0 Å². The first-order chi connectivity index (χ1) is 7.13. The van der Waals surface area contributed by atoms with Gasteiger partial charge in [-0.2, -0.15) is 0 Å². The zero-order valence-corrected chi connectivity index (χ0v) is 10.0. The van der Waals surface area contributed by atoms with Crippen LogP contribution < -0.4 is 5.32 Å². The van der Waals surface area contributed by atoms with Gasteiger partial charge in [-0.3, -0.25) is 0 Å². The molecule has 0 unspecified atom stereocenters. The standard InChI is InChI=1S/C14H21N/c1-5-7-12(4)15-14-9-6-8-13(10-14)11(2)3/h6,8-11,15H,4-5,7H2,1-3H3. The van der Waals surface area contributed by atoms with Gasteiger partial charge in [0.15, 0.2) is 0 Å². The molecule has 1 aromatic rings. The second-order valence-electron chi connectivity index (χ2n) is 4.26. The third-order valence-electron chi connectivity index (χ3n) is 2.43. The lowest BCUT2D eigenvalue weighted by molar-refractivity contribution is 0.866. The second kappa shape index (κ2) is 5.59. The monoisotopic (exact) mass is 203 g/mol. The molecule has 0 aromatic heterocycles. The van der Waals surface area contributed by atoms with Crippen molar-refractivity contribution in [1.29, 1.82) is 0 Å². The van der Waals surface area contributed by atoms with Gasteiger partial charge in [-0.25, -0.2) is 0 Å². The average Bonchev–Trinajstić information content (AvgIpc) is 2.18. The molecule has 82 valence electrons. The molecule has 1 N–H and O–H groups in total. The average molecular weight is 203 g/mol. The van der Waals surface area contributed by atoms with E-state index >= 15 is 0 Å². The Hall–Kier alpha value is -1.24. The van der Waals surface area contributed by atoms with E-state index in [0.717, 1.165) is 24.2 Å². The lowest BCUT2D eigenvalue weighted by atomic mass is 10.0. The highest BCUT2D eigenvalue weighted by atomic mass is 14.9. The fraction of sp³-hybridized carbons (Fsp3) is 0.429. The van der Waals surface area contributed by atoms with Crippen molar-refractivity contribution >= 4 is 5.69 Å². The summed E-state index contributed by atoms with van der Waals surface area (Å²) in [6.45, 7) is 10.6. The Balaban J connectivity index is 2.69. The Morgan fingerprint density at radius 2 is 2.13 bits per heavy atom. The van der Waals surface area contributed by atoms with Crippen molar-refractivity contribution in [2.75, 3.05) is 5.32 Å². The Morgan fingerprint density at radius 1 is 1.40 bits per heavy atom. The maximum atomic E-state index is 4.00. The molecule has 1 nitrogen and oxygen atoms in total. The van der Waals surface area contributed by atoms with Crippen LogP contribution in [0.15, 0.2) is 36.5 Å². The topological polar surface area (TPSA) is 12.0 Å². The molecule has 0 amide bonds.